The number of benzene rings is 1. The summed E-state index contributed by atoms with van der Waals surface area (Å²) in [5.74, 6) is -0.392. The molecule has 1 aromatic rings. The van der Waals surface area contributed by atoms with Crippen molar-refractivity contribution in [3.63, 3.8) is 0 Å². The average molecular weight is 314 g/mol. The zero-order valence-corrected chi connectivity index (χ0v) is 12.1. The van der Waals surface area contributed by atoms with E-state index in [1.807, 2.05) is 0 Å². The topological polar surface area (TPSA) is 49.4 Å². The Morgan fingerprint density at radius 3 is 2.68 bits per heavy atom. The van der Waals surface area contributed by atoms with Gasteiger partial charge in [-0.05, 0) is 24.1 Å². The molecule has 0 bridgehead atoms. The number of nitrogens with zero attached hydrogens (tertiary/aromatic N) is 1. The second kappa shape index (κ2) is 6.37. The third kappa shape index (κ3) is 3.99. The van der Waals surface area contributed by atoms with E-state index in [0.717, 1.165) is 18.6 Å². The molecule has 1 aliphatic rings. The summed E-state index contributed by atoms with van der Waals surface area (Å²) in [4.78, 5) is 24.6. The Morgan fingerprint density at radius 1 is 1.41 bits per heavy atom. The lowest BCUT2D eigenvalue weighted by molar-refractivity contribution is -0.137. The number of carbonyl (C=O) groups is 2. The van der Waals surface area contributed by atoms with E-state index in [-0.39, 0.29) is 18.4 Å². The molecular formula is C15H17F3N2O2. The van der Waals surface area contributed by atoms with Crippen molar-refractivity contribution in [1.82, 2.24) is 10.2 Å². The third-order valence-corrected chi connectivity index (χ3v) is 3.57. The van der Waals surface area contributed by atoms with Crippen molar-refractivity contribution >= 4 is 11.8 Å². The third-order valence-electron chi connectivity index (χ3n) is 3.57. The largest absolute Gasteiger partial charge is 0.416 e. The lowest BCUT2D eigenvalue weighted by Gasteiger charge is -2.25. The van der Waals surface area contributed by atoms with Crippen molar-refractivity contribution in [3.05, 3.63) is 35.4 Å². The number of alkyl halides is 3. The van der Waals surface area contributed by atoms with Crippen LogP contribution in [0, 0.1) is 0 Å². The minimum atomic E-state index is -4.44. The van der Waals surface area contributed by atoms with Gasteiger partial charge in [0.25, 0.3) is 0 Å². The summed E-state index contributed by atoms with van der Waals surface area (Å²) in [5.41, 5.74) is -0.433. The van der Waals surface area contributed by atoms with Gasteiger partial charge in [-0.1, -0.05) is 12.1 Å². The second-order valence-corrected chi connectivity index (χ2v) is 5.32. The summed E-state index contributed by atoms with van der Waals surface area (Å²) in [5, 5.41) is 2.62. The van der Waals surface area contributed by atoms with Crippen LogP contribution in [-0.4, -0.2) is 29.8 Å². The Kier molecular flexibility index (Phi) is 4.73. The Hall–Kier alpha value is -2.05. The molecule has 2 rings (SSSR count). The van der Waals surface area contributed by atoms with E-state index in [4.69, 9.17) is 0 Å². The van der Waals surface area contributed by atoms with Gasteiger partial charge in [-0.3, -0.25) is 9.59 Å². The highest BCUT2D eigenvalue weighted by Gasteiger charge is 2.32. The molecule has 2 amide bonds. The molecule has 1 N–H and O–H groups in total. The van der Waals surface area contributed by atoms with Crippen LogP contribution in [0.2, 0.25) is 0 Å². The first-order valence-corrected chi connectivity index (χ1v) is 6.99. The van der Waals surface area contributed by atoms with Crippen molar-refractivity contribution < 1.29 is 22.8 Å². The molecule has 1 fully saturated rings. The number of rotatable bonds is 4. The number of hydrogen-bond acceptors (Lipinski definition) is 2. The molecule has 22 heavy (non-hydrogen) atoms. The van der Waals surface area contributed by atoms with E-state index in [1.54, 1.807) is 4.90 Å². The molecule has 1 heterocycles. The van der Waals surface area contributed by atoms with Crippen LogP contribution >= 0.6 is 0 Å². The van der Waals surface area contributed by atoms with Gasteiger partial charge in [-0.15, -0.1) is 0 Å². The van der Waals surface area contributed by atoms with E-state index >= 15 is 0 Å². The van der Waals surface area contributed by atoms with Gasteiger partial charge in [0, 0.05) is 26.4 Å². The highest BCUT2D eigenvalue weighted by Crippen LogP contribution is 2.31. The van der Waals surface area contributed by atoms with E-state index in [2.05, 4.69) is 5.32 Å². The van der Waals surface area contributed by atoms with E-state index in [1.165, 1.54) is 19.1 Å². The fourth-order valence-electron chi connectivity index (χ4n) is 2.53. The van der Waals surface area contributed by atoms with Crippen LogP contribution in [-0.2, 0) is 15.8 Å². The van der Waals surface area contributed by atoms with Crippen LogP contribution in [0.15, 0.2) is 24.3 Å². The number of halogens is 3. The Morgan fingerprint density at radius 2 is 2.14 bits per heavy atom. The van der Waals surface area contributed by atoms with Crippen LogP contribution in [0.3, 0.4) is 0 Å². The number of likely N-dealkylation sites (tertiary alicyclic amines) is 1. The fourth-order valence-corrected chi connectivity index (χ4v) is 2.53. The molecule has 4 nitrogen and oxygen atoms in total. The predicted octanol–water partition coefficient (Wildman–Crippen LogP) is 2.51. The van der Waals surface area contributed by atoms with E-state index in [9.17, 15) is 22.8 Å². The smallest absolute Gasteiger partial charge is 0.348 e. The molecule has 0 aliphatic carbocycles. The summed E-state index contributed by atoms with van der Waals surface area (Å²) in [6, 6.07) is 4.17. The second-order valence-electron chi connectivity index (χ2n) is 5.32. The molecule has 0 radical (unpaired) electrons. The van der Waals surface area contributed by atoms with Gasteiger partial charge >= 0.3 is 6.18 Å². The molecule has 0 unspecified atom stereocenters. The van der Waals surface area contributed by atoms with Gasteiger partial charge in [0.2, 0.25) is 11.8 Å². The summed E-state index contributed by atoms with van der Waals surface area (Å²) in [6.07, 6.45) is -3.27. The van der Waals surface area contributed by atoms with Gasteiger partial charge in [0.15, 0.2) is 0 Å². The monoisotopic (exact) mass is 314 g/mol. The van der Waals surface area contributed by atoms with Crippen molar-refractivity contribution in [3.8, 4) is 0 Å². The number of amides is 2. The fraction of sp³-hybridized carbons (Fsp3) is 0.467. The number of hydrogen-bond donors (Lipinski definition) is 1. The van der Waals surface area contributed by atoms with Gasteiger partial charge in [0.05, 0.1) is 11.6 Å². The molecule has 0 saturated carbocycles. The van der Waals surface area contributed by atoms with Crippen LogP contribution in [0.1, 0.15) is 36.9 Å². The minimum Gasteiger partial charge on any atom is -0.348 e. The molecule has 0 aromatic heterocycles. The lowest BCUT2D eigenvalue weighted by atomic mass is 10.0. The number of nitrogens with one attached hydrogen (secondary N) is 1. The van der Waals surface area contributed by atoms with E-state index < -0.39 is 17.8 Å². The van der Waals surface area contributed by atoms with E-state index in [0.29, 0.717) is 18.5 Å². The summed E-state index contributed by atoms with van der Waals surface area (Å²) < 4.78 is 38.4. The summed E-state index contributed by atoms with van der Waals surface area (Å²) in [7, 11) is 0. The van der Waals surface area contributed by atoms with Gasteiger partial charge < -0.3 is 10.2 Å². The average Bonchev–Trinajstić information content (AvgIpc) is 2.82. The van der Waals surface area contributed by atoms with Crippen LogP contribution in [0.4, 0.5) is 13.2 Å². The lowest BCUT2D eigenvalue weighted by Crippen LogP contribution is -2.37. The first kappa shape index (κ1) is 16.3. The predicted molar refractivity (Wildman–Crippen MR) is 73.8 cm³/mol. The minimum absolute atomic E-state index is 0.0395. The number of carbonyl (C=O) groups excluding carboxylic acids is 2. The molecule has 1 aromatic carbocycles. The summed E-state index contributed by atoms with van der Waals surface area (Å²) >= 11 is 0. The molecule has 0 spiro atoms. The molecule has 1 atom stereocenters. The Labute approximate surface area is 126 Å². The molecule has 1 aliphatic heterocycles. The Balaban J connectivity index is 2.25. The maximum absolute atomic E-state index is 12.8. The zero-order chi connectivity index (χ0) is 16.3. The maximum Gasteiger partial charge on any atom is 0.416 e. The standard InChI is InChI=1S/C15H17F3N2O2/c1-10(21)19-13(9-20-7-3-6-14(20)22)11-4-2-5-12(8-11)15(16,17)18/h2,4-5,8,13H,3,6-7,9H2,1H3,(H,19,21)/t13-/m1/s1. The van der Waals surface area contributed by atoms with Crippen LogP contribution in [0.5, 0.6) is 0 Å². The quantitative estimate of drug-likeness (QED) is 0.928. The molecule has 1 saturated heterocycles. The van der Waals surface area contributed by atoms with Crippen LogP contribution in [0.25, 0.3) is 0 Å². The highest BCUT2D eigenvalue weighted by molar-refractivity contribution is 5.78. The normalized spacial score (nSPS) is 16.7. The van der Waals surface area contributed by atoms with Crippen molar-refractivity contribution in [2.45, 2.75) is 32.0 Å². The Bertz CT molecular complexity index is 572. The van der Waals surface area contributed by atoms with Gasteiger partial charge in [0.1, 0.15) is 0 Å². The van der Waals surface area contributed by atoms with Crippen molar-refractivity contribution in [1.29, 1.82) is 0 Å². The first-order valence-electron chi connectivity index (χ1n) is 6.99. The van der Waals surface area contributed by atoms with Crippen molar-refractivity contribution in [2.24, 2.45) is 0 Å². The highest BCUT2D eigenvalue weighted by atomic mass is 19.4. The molecule has 120 valence electrons. The van der Waals surface area contributed by atoms with Gasteiger partial charge in [-0.25, -0.2) is 0 Å². The van der Waals surface area contributed by atoms with Gasteiger partial charge in [-0.2, -0.15) is 13.2 Å². The first-order chi connectivity index (χ1) is 10.3. The zero-order valence-electron chi connectivity index (χ0n) is 12.1. The van der Waals surface area contributed by atoms with Crippen LogP contribution < -0.4 is 5.32 Å². The molecule has 7 heteroatoms. The summed E-state index contributed by atoms with van der Waals surface area (Å²) in [6.45, 7) is 2.04. The SMILES string of the molecule is CC(=O)N[C@H](CN1CCCC1=O)c1cccc(C(F)(F)F)c1. The van der Waals surface area contributed by atoms with Crippen molar-refractivity contribution in [2.75, 3.05) is 13.1 Å². The maximum atomic E-state index is 12.8. The molecular weight excluding hydrogens is 297 g/mol.